The smallest absolute Gasteiger partial charge is 0.410 e. The zero-order valence-electron chi connectivity index (χ0n) is 11.2. The van der Waals surface area contributed by atoms with Gasteiger partial charge in [0.25, 0.3) is 0 Å². The molecule has 4 heteroatoms. The Bertz CT molecular complexity index is 276. The molecule has 1 aliphatic heterocycles. The van der Waals surface area contributed by atoms with Gasteiger partial charge in [-0.3, -0.25) is 0 Å². The summed E-state index contributed by atoms with van der Waals surface area (Å²) >= 11 is 0. The molecular weight excluding hydrogens is 216 g/mol. The SMILES string of the molecule is CC(C)(C)OC(=O)N(C1CC1)C1CCCNC1. The van der Waals surface area contributed by atoms with Crippen LogP contribution in [0.25, 0.3) is 0 Å². The van der Waals surface area contributed by atoms with Crippen molar-refractivity contribution in [1.29, 1.82) is 0 Å². The number of hydrogen-bond donors (Lipinski definition) is 1. The molecule has 0 aromatic carbocycles. The highest BCUT2D eigenvalue weighted by atomic mass is 16.6. The largest absolute Gasteiger partial charge is 0.444 e. The fourth-order valence-corrected chi connectivity index (χ4v) is 2.33. The summed E-state index contributed by atoms with van der Waals surface area (Å²) in [6.45, 7) is 7.76. The summed E-state index contributed by atoms with van der Waals surface area (Å²) in [6, 6.07) is 0.751. The first-order valence-electron chi connectivity index (χ1n) is 6.69. The second-order valence-corrected chi connectivity index (χ2v) is 6.12. The molecule has 2 fully saturated rings. The van der Waals surface area contributed by atoms with Crippen LogP contribution in [0.15, 0.2) is 0 Å². The Morgan fingerprint density at radius 2 is 1.94 bits per heavy atom. The predicted molar refractivity (Wildman–Crippen MR) is 67.0 cm³/mol. The molecule has 17 heavy (non-hydrogen) atoms. The van der Waals surface area contributed by atoms with Gasteiger partial charge in [-0.2, -0.15) is 0 Å². The lowest BCUT2D eigenvalue weighted by atomic mass is 10.1. The molecular formula is C13H24N2O2. The molecule has 1 saturated carbocycles. The van der Waals surface area contributed by atoms with E-state index in [2.05, 4.69) is 5.32 Å². The van der Waals surface area contributed by atoms with Crippen LogP contribution in [0.4, 0.5) is 4.79 Å². The van der Waals surface area contributed by atoms with Crippen molar-refractivity contribution >= 4 is 6.09 Å². The topological polar surface area (TPSA) is 41.6 Å². The Hall–Kier alpha value is -0.770. The molecule has 2 rings (SSSR count). The first-order chi connectivity index (χ1) is 7.97. The first kappa shape index (κ1) is 12.7. The molecule has 0 bridgehead atoms. The van der Waals surface area contributed by atoms with Gasteiger partial charge in [0.2, 0.25) is 0 Å². The molecule has 1 aliphatic carbocycles. The molecule has 1 saturated heterocycles. The van der Waals surface area contributed by atoms with Crippen molar-refractivity contribution < 1.29 is 9.53 Å². The number of rotatable bonds is 2. The first-order valence-corrected chi connectivity index (χ1v) is 6.69. The van der Waals surface area contributed by atoms with Crippen LogP contribution < -0.4 is 5.32 Å². The third kappa shape index (κ3) is 3.60. The number of piperidine rings is 1. The Balaban J connectivity index is 1.98. The van der Waals surface area contributed by atoms with Crippen molar-refractivity contribution in [3.63, 3.8) is 0 Å². The third-order valence-corrected chi connectivity index (χ3v) is 3.21. The van der Waals surface area contributed by atoms with E-state index in [1.165, 1.54) is 0 Å². The van der Waals surface area contributed by atoms with Gasteiger partial charge in [0, 0.05) is 18.6 Å². The van der Waals surface area contributed by atoms with Gasteiger partial charge >= 0.3 is 6.09 Å². The van der Waals surface area contributed by atoms with E-state index in [1.54, 1.807) is 0 Å². The molecule has 0 aromatic rings. The molecule has 0 spiro atoms. The number of carbonyl (C=O) groups excluding carboxylic acids is 1. The van der Waals surface area contributed by atoms with Crippen molar-refractivity contribution in [3.8, 4) is 0 Å². The normalized spacial score (nSPS) is 25.5. The van der Waals surface area contributed by atoms with Gasteiger partial charge in [0.1, 0.15) is 5.60 Å². The summed E-state index contributed by atoms with van der Waals surface area (Å²) in [4.78, 5) is 14.2. The van der Waals surface area contributed by atoms with Crippen molar-refractivity contribution in [2.45, 2.75) is 64.1 Å². The summed E-state index contributed by atoms with van der Waals surface area (Å²) in [5, 5.41) is 3.37. The van der Waals surface area contributed by atoms with Gasteiger partial charge in [-0.1, -0.05) is 0 Å². The van der Waals surface area contributed by atoms with Crippen LogP contribution in [0, 0.1) is 0 Å². The third-order valence-electron chi connectivity index (χ3n) is 3.21. The number of ether oxygens (including phenoxy) is 1. The maximum absolute atomic E-state index is 12.2. The molecule has 0 aromatic heterocycles. The Labute approximate surface area is 104 Å². The molecule has 1 N–H and O–H groups in total. The average Bonchev–Trinajstić information content (AvgIpc) is 3.01. The van der Waals surface area contributed by atoms with Crippen molar-refractivity contribution in [3.05, 3.63) is 0 Å². The molecule has 1 amide bonds. The standard InChI is InChI=1S/C13H24N2O2/c1-13(2,3)17-12(16)15(10-6-7-10)11-5-4-8-14-9-11/h10-11,14H,4-9H2,1-3H3. The average molecular weight is 240 g/mol. The number of carbonyl (C=O) groups is 1. The van der Waals surface area contributed by atoms with Gasteiger partial charge in [0.05, 0.1) is 0 Å². The lowest BCUT2D eigenvalue weighted by molar-refractivity contribution is 0.0114. The lowest BCUT2D eigenvalue weighted by Crippen LogP contribution is -2.51. The zero-order valence-corrected chi connectivity index (χ0v) is 11.2. The van der Waals surface area contributed by atoms with E-state index in [1.807, 2.05) is 25.7 Å². The molecule has 0 radical (unpaired) electrons. The predicted octanol–water partition coefficient (Wildman–Crippen LogP) is 2.14. The van der Waals surface area contributed by atoms with Gasteiger partial charge < -0.3 is 15.0 Å². The van der Waals surface area contributed by atoms with Crippen LogP contribution in [0.3, 0.4) is 0 Å². The fourth-order valence-electron chi connectivity index (χ4n) is 2.33. The Kier molecular flexibility index (Phi) is 3.61. The van der Waals surface area contributed by atoms with Crippen LogP contribution >= 0.6 is 0 Å². The highest BCUT2D eigenvalue weighted by Gasteiger charge is 2.39. The van der Waals surface area contributed by atoms with Crippen molar-refractivity contribution in [2.75, 3.05) is 13.1 Å². The second kappa shape index (κ2) is 4.84. The Morgan fingerprint density at radius 3 is 2.41 bits per heavy atom. The summed E-state index contributed by atoms with van der Waals surface area (Å²) in [5.74, 6) is 0. The summed E-state index contributed by atoms with van der Waals surface area (Å²) in [5.41, 5.74) is -0.397. The van der Waals surface area contributed by atoms with Crippen LogP contribution in [-0.4, -0.2) is 41.8 Å². The molecule has 1 heterocycles. The number of nitrogens with zero attached hydrogens (tertiary/aromatic N) is 1. The molecule has 1 atom stereocenters. The minimum absolute atomic E-state index is 0.131. The maximum Gasteiger partial charge on any atom is 0.410 e. The quantitative estimate of drug-likeness (QED) is 0.804. The van der Waals surface area contributed by atoms with Crippen molar-refractivity contribution in [2.24, 2.45) is 0 Å². The minimum Gasteiger partial charge on any atom is -0.444 e. The zero-order chi connectivity index (χ0) is 12.5. The van der Waals surface area contributed by atoms with Gasteiger partial charge in [-0.25, -0.2) is 4.79 Å². The highest BCUT2D eigenvalue weighted by molar-refractivity contribution is 5.69. The molecule has 4 nitrogen and oxygen atoms in total. The number of amides is 1. The summed E-state index contributed by atoms with van der Waals surface area (Å²) < 4.78 is 5.51. The Morgan fingerprint density at radius 1 is 1.24 bits per heavy atom. The van der Waals surface area contributed by atoms with E-state index in [4.69, 9.17) is 4.74 Å². The molecule has 2 aliphatic rings. The van der Waals surface area contributed by atoms with Crippen LogP contribution in [0.2, 0.25) is 0 Å². The molecule has 1 unspecified atom stereocenters. The van der Waals surface area contributed by atoms with Gasteiger partial charge in [-0.15, -0.1) is 0 Å². The van der Waals surface area contributed by atoms with E-state index < -0.39 is 5.60 Å². The van der Waals surface area contributed by atoms with E-state index in [0.717, 1.165) is 38.8 Å². The monoisotopic (exact) mass is 240 g/mol. The van der Waals surface area contributed by atoms with Gasteiger partial charge in [-0.05, 0) is 53.0 Å². The second-order valence-electron chi connectivity index (χ2n) is 6.12. The molecule has 98 valence electrons. The number of nitrogens with one attached hydrogen (secondary N) is 1. The van der Waals surface area contributed by atoms with E-state index >= 15 is 0 Å². The van der Waals surface area contributed by atoms with Crippen LogP contribution in [-0.2, 0) is 4.74 Å². The lowest BCUT2D eigenvalue weighted by Gasteiger charge is -2.36. The fraction of sp³-hybridized carbons (Fsp3) is 0.923. The van der Waals surface area contributed by atoms with Gasteiger partial charge in [0.15, 0.2) is 0 Å². The van der Waals surface area contributed by atoms with E-state index in [0.29, 0.717) is 12.1 Å². The van der Waals surface area contributed by atoms with Crippen LogP contribution in [0.5, 0.6) is 0 Å². The summed E-state index contributed by atoms with van der Waals surface area (Å²) in [7, 11) is 0. The van der Waals surface area contributed by atoms with E-state index in [9.17, 15) is 4.79 Å². The van der Waals surface area contributed by atoms with Crippen LogP contribution in [0.1, 0.15) is 46.5 Å². The maximum atomic E-state index is 12.2. The number of hydrogen-bond acceptors (Lipinski definition) is 3. The van der Waals surface area contributed by atoms with E-state index in [-0.39, 0.29) is 6.09 Å². The summed E-state index contributed by atoms with van der Waals surface area (Å²) in [6.07, 6.45) is 4.39. The van der Waals surface area contributed by atoms with Crippen molar-refractivity contribution in [1.82, 2.24) is 10.2 Å². The minimum atomic E-state index is -0.397. The highest BCUT2D eigenvalue weighted by Crippen LogP contribution is 2.31.